The van der Waals surface area contributed by atoms with Crippen molar-refractivity contribution in [1.29, 1.82) is 0 Å². The van der Waals surface area contributed by atoms with Gasteiger partial charge in [-0.25, -0.2) is 13.6 Å². The number of benzene rings is 2. The Morgan fingerprint density at radius 2 is 1.76 bits per heavy atom. The molecule has 2 aromatic carbocycles. The molecule has 8 nitrogen and oxygen atoms in total. The third kappa shape index (κ3) is 8.68. The first kappa shape index (κ1) is 25.4. The van der Waals surface area contributed by atoms with Crippen LogP contribution in [0.5, 0.6) is 0 Å². The molecular formula is C23H24F2N2O6. The van der Waals surface area contributed by atoms with Gasteiger partial charge in [-0.05, 0) is 24.1 Å². The van der Waals surface area contributed by atoms with Crippen LogP contribution in [0.1, 0.15) is 28.8 Å². The maximum atomic E-state index is 13.6. The number of nitrogens with one attached hydrogen (secondary N) is 2. The Bertz CT molecular complexity index is 984. The quantitative estimate of drug-likeness (QED) is 0.390. The van der Waals surface area contributed by atoms with E-state index < -0.39 is 48.0 Å². The molecule has 0 aliphatic carbocycles. The third-order valence-electron chi connectivity index (χ3n) is 4.49. The zero-order valence-corrected chi connectivity index (χ0v) is 17.9. The molecule has 33 heavy (non-hydrogen) atoms. The van der Waals surface area contributed by atoms with Crippen LogP contribution in [0.3, 0.4) is 0 Å². The number of methoxy groups -OCH3 is 1. The molecule has 176 valence electrons. The number of hydrogen-bond acceptors (Lipinski definition) is 6. The monoisotopic (exact) mass is 462 g/mol. The van der Waals surface area contributed by atoms with E-state index in [1.165, 1.54) is 7.11 Å². The summed E-state index contributed by atoms with van der Waals surface area (Å²) >= 11 is 0. The van der Waals surface area contributed by atoms with E-state index in [0.29, 0.717) is 6.07 Å². The summed E-state index contributed by atoms with van der Waals surface area (Å²) in [6, 6.07) is 10.7. The fourth-order valence-electron chi connectivity index (χ4n) is 2.84. The van der Waals surface area contributed by atoms with E-state index in [-0.39, 0.29) is 31.4 Å². The van der Waals surface area contributed by atoms with Gasteiger partial charge in [-0.2, -0.15) is 0 Å². The SMILES string of the molecule is COC(=O)C(Cc1ccccc1)NC(=O)COC(=O)CCCNC(=O)c1ccc(F)cc1F. The lowest BCUT2D eigenvalue weighted by molar-refractivity contribution is -0.150. The normalized spacial score (nSPS) is 11.2. The van der Waals surface area contributed by atoms with Gasteiger partial charge in [0.1, 0.15) is 17.7 Å². The summed E-state index contributed by atoms with van der Waals surface area (Å²) in [6.07, 6.45) is 0.277. The second-order valence-electron chi connectivity index (χ2n) is 6.98. The summed E-state index contributed by atoms with van der Waals surface area (Å²) in [6.45, 7) is -0.549. The van der Waals surface area contributed by atoms with Crippen LogP contribution >= 0.6 is 0 Å². The van der Waals surface area contributed by atoms with E-state index >= 15 is 0 Å². The zero-order chi connectivity index (χ0) is 24.2. The maximum absolute atomic E-state index is 13.6. The van der Waals surface area contributed by atoms with Crippen LogP contribution in [0.4, 0.5) is 8.78 Å². The fraction of sp³-hybridized carbons (Fsp3) is 0.304. The Morgan fingerprint density at radius 3 is 2.42 bits per heavy atom. The number of carbonyl (C=O) groups is 4. The molecule has 0 spiro atoms. The molecule has 2 aromatic rings. The van der Waals surface area contributed by atoms with Crippen molar-refractivity contribution in [2.45, 2.75) is 25.3 Å². The molecule has 0 heterocycles. The minimum Gasteiger partial charge on any atom is -0.467 e. The molecule has 0 saturated heterocycles. The largest absolute Gasteiger partial charge is 0.467 e. The van der Waals surface area contributed by atoms with E-state index in [9.17, 15) is 28.0 Å². The van der Waals surface area contributed by atoms with Crippen molar-refractivity contribution >= 4 is 23.8 Å². The average molecular weight is 462 g/mol. The van der Waals surface area contributed by atoms with E-state index in [1.54, 1.807) is 24.3 Å². The number of hydrogen-bond donors (Lipinski definition) is 2. The van der Waals surface area contributed by atoms with Crippen molar-refractivity contribution < 1.29 is 37.4 Å². The number of carbonyl (C=O) groups excluding carboxylic acids is 4. The second-order valence-corrected chi connectivity index (χ2v) is 6.98. The van der Waals surface area contributed by atoms with Gasteiger partial charge in [0.05, 0.1) is 12.7 Å². The van der Waals surface area contributed by atoms with Gasteiger partial charge in [0.2, 0.25) is 0 Å². The molecule has 0 saturated carbocycles. The minimum atomic E-state index is -0.990. The van der Waals surface area contributed by atoms with Crippen LogP contribution in [-0.4, -0.2) is 50.1 Å². The topological polar surface area (TPSA) is 111 Å². The molecule has 0 bridgehead atoms. The second kappa shape index (κ2) is 12.9. The molecular weight excluding hydrogens is 438 g/mol. The molecule has 0 aliphatic rings. The van der Waals surface area contributed by atoms with Crippen LogP contribution in [0.25, 0.3) is 0 Å². The first-order valence-electron chi connectivity index (χ1n) is 10.1. The van der Waals surface area contributed by atoms with Crippen LogP contribution in [0.15, 0.2) is 48.5 Å². The number of ether oxygens (including phenoxy) is 2. The molecule has 0 fully saturated rings. The van der Waals surface area contributed by atoms with Gasteiger partial charge >= 0.3 is 11.9 Å². The van der Waals surface area contributed by atoms with Gasteiger partial charge in [-0.3, -0.25) is 14.4 Å². The Hall–Kier alpha value is -3.82. The number of amides is 2. The Morgan fingerprint density at radius 1 is 1.03 bits per heavy atom. The summed E-state index contributed by atoms with van der Waals surface area (Å²) in [4.78, 5) is 47.7. The maximum Gasteiger partial charge on any atom is 0.328 e. The van der Waals surface area contributed by atoms with Crippen LogP contribution in [0, 0.1) is 11.6 Å². The predicted molar refractivity (Wildman–Crippen MR) is 113 cm³/mol. The number of esters is 2. The first-order valence-corrected chi connectivity index (χ1v) is 10.1. The zero-order valence-electron chi connectivity index (χ0n) is 17.9. The van der Waals surface area contributed by atoms with Gasteiger partial charge < -0.3 is 20.1 Å². The van der Waals surface area contributed by atoms with Gasteiger partial charge in [0.15, 0.2) is 6.61 Å². The van der Waals surface area contributed by atoms with Crippen LogP contribution in [-0.2, 0) is 30.3 Å². The van der Waals surface area contributed by atoms with Crippen molar-refractivity contribution in [1.82, 2.24) is 10.6 Å². The highest BCUT2D eigenvalue weighted by atomic mass is 19.1. The van der Waals surface area contributed by atoms with Gasteiger partial charge in [-0.1, -0.05) is 30.3 Å². The molecule has 2 rings (SSSR count). The molecule has 1 unspecified atom stereocenters. The highest BCUT2D eigenvalue weighted by Gasteiger charge is 2.22. The predicted octanol–water partition coefficient (Wildman–Crippen LogP) is 1.92. The molecule has 0 radical (unpaired) electrons. The highest BCUT2D eigenvalue weighted by Crippen LogP contribution is 2.09. The molecule has 10 heteroatoms. The number of halogens is 2. The van der Waals surface area contributed by atoms with Crippen molar-refractivity contribution in [2.75, 3.05) is 20.3 Å². The fourth-order valence-corrected chi connectivity index (χ4v) is 2.84. The van der Waals surface area contributed by atoms with E-state index in [1.807, 2.05) is 6.07 Å². The van der Waals surface area contributed by atoms with Crippen molar-refractivity contribution in [3.8, 4) is 0 Å². The van der Waals surface area contributed by atoms with E-state index in [0.717, 1.165) is 17.7 Å². The van der Waals surface area contributed by atoms with E-state index in [2.05, 4.69) is 10.6 Å². The molecule has 1 atom stereocenters. The van der Waals surface area contributed by atoms with Crippen LogP contribution < -0.4 is 10.6 Å². The van der Waals surface area contributed by atoms with Crippen LogP contribution in [0.2, 0.25) is 0 Å². The smallest absolute Gasteiger partial charge is 0.328 e. The molecule has 2 N–H and O–H groups in total. The minimum absolute atomic E-state index is 0.0401. The average Bonchev–Trinajstić information content (AvgIpc) is 2.80. The van der Waals surface area contributed by atoms with Crippen molar-refractivity contribution in [2.24, 2.45) is 0 Å². The summed E-state index contributed by atoms with van der Waals surface area (Å²) in [7, 11) is 1.20. The Kier molecular flexibility index (Phi) is 9.94. The number of rotatable bonds is 11. The summed E-state index contributed by atoms with van der Waals surface area (Å²) in [5.41, 5.74) is 0.499. The lowest BCUT2D eigenvalue weighted by Crippen LogP contribution is -2.44. The standard InChI is InChI=1S/C23H24F2N2O6/c1-32-23(31)19(12-15-6-3-2-4-7-15)27-20(28)14-33-21(29)8-5-11-26-22(30)17-10-9-16(24)13-18(17)25/h2-4,6-7,9-10,13,19H,5,8,11-12,14H2,1H3,(H,26,30)(H,27,28). The Balaban J connectivity index is 1.70. The molecule has 2 amide bonds. The first-order chi connectivity index (χ1) is 15.8. The summed E-state index contributed by atoms with van der Waals surface area (Å²) in [5.74, 6) is -4.52. The summed E-state index contributed by atoms with van der Waals surface area (Å²) in [5, 5.41) is 4.88. The lowest BCUT2D eigenvalue weighted by atomic mass is 10.1. The van der Waals surface area contributed by atoms with Crippen molar-refractivity contribution in [3.05, 3.63) is 71.3 Å². The van der Waals surface area contributed by atoms with Gasteiger partial charge in [0.25, 0.3) is 11.8 Å². The highest BCUT2D eigenvalue weighted by molar-refractivity contribution is 5.94. The summed E-state index contributed by atoms with van der Waals surface area (Å²) < 4.78 is 36.0. The Labute approximate surface area is 189 Å². The lowest BCUT2D eigenvalue weighted by Gasteiger charge is -2.16. The van der Waals surface area contributed by atoms with Gasteiger partial charge in [-0.15, -0.1) is 0 Å². The van der Waals surface area contributed by atoms with E-state index in [4.69, 9.17) is 9.47 Å². The van der Waals surface area contributed by atoms with Gasteiger partial charge in [0, 0.05) is 25.5 Å². The molecule has 0 aromatic heterocycles. The molecule has 0 aliphatic heterocycles. The third-order valence-corrected chi connectivity index (χ3v) is 4.49. The van der Waals surface area contributed by atoms with Crippen molar-refractivity contribution in [3.63, 3.8) is 0 Å².